The second-order valence-electron chi connectivity index (χ2n) is 5.34. The first-order chi connectivity index (χ1) is 9.79. The van der Waals surface area contributed by atoms with Crippen molar-refractivity contribution in [3.63, 3.8) is 0 Å². The normalized spacial score (nSPS) is 17.3. The van der Waals surface area contributed by atoms with Gasteiger partial charge in [0.25, 0.3) is 0 Å². The number of benzene rings is 1. The van der Waals surface area contributed by atoms with Crippen molar-refractivity contribution in [3.8, 4) is 0 Å². The van der Waals surface area contributed by atoms with Gasteiger partial charge in [0.05, 0.1) is 0 Å². The van der Waals surface area contributed by atoms with Gasteiger partial charge in [-0.05, 0) is 24.3 Å². The molecule has 1 saturated heterocycles. The number of nitrogens with two attached hydrogens (primary N) is 1. The van der Waals surface area contributed by atoms with Gasteiger partial charge >= 0.3 is 0 Å². The SMILES string of the molecule is Cl.NCCN(CCc1ccccc1)C(=O)CC1CCOC1. The molecule has 118 valence electrons. The molecule has 0 aromatic heterocycles. The van der Waals surface area contributed by atoms with E-state index in [9.17, 15) is 4.79 Å². The molecule has 2 N–H and O–H groups in total. The van der Waals surface area contributed by atoms with Gasteiger partial charge in [-0.15, -0.1) is 12.4 Å². The fourth-order valence-corrected chi connectivity index (χ4v) is 2.55. The fourth-order valence-electron chi connectivity index (χ4n) is 2.55. The predicted octanol–water partition coefficient (Wildman–Crippen LogP) is 1.86. The molecule has 5 heteroatoms. The molecular formula is C16H25ClN2O2. The number of rotatable bonds is 7. The summed E-state index contributed by atoms with van der Waals surface area (Å²) in [4.78, 5) is 14.2. The van der Waals surface area contributed by atoms with Crippen LogP contribution in [-0.2, 0) is 16.0 Å². The van der Waals surface area contributed by atoms with Crippen LogP contribution in [-0.4, -0.2) is 43.7 Å². The van der Waals surface area contributed by atoms with Crippen molar-refractivity contribution in [1.82, 2.24) is 4.90 Å². The molecule has 1 atom stereocenters. The topological polar surface area (TPSA) is 55.6 Å². The number of carbonyl (C=O) groups is 1. The minimum atomic E-state index is 0. The lowest BCUT2D eigenvalue weighted by Crippen LogP contribution is -2.37. The number of ether oxygens (including phenoxy) is 1. The summed E-state index contributed by atoms with van der Waals surface area (Å²) in [6.45, 7) is 3.41. The predicted molar refractivity (Wildman–Crippen MR) is 86.6 cm³/mol. The highest BCUT2D eigenvalue weighted by molar-refractivity contribution is 5.85. The Hall–Kier alpha value is -1.10. The molecule has 1 aliphatic heterocycles. The van der Waals surface area contributed by atoms with Crippen LogP contribution in [0, 0.1) is 5.92 Å². The molecule has 0 saturated carbocycles. The van der Waals surface area contributed by atoms with Gasteiger partial charge in [0.2, 0.25) is 5.91 Å². The summed E-state index contributed by atoms with van der Waals surface area (Å²) < 4.78 is 5.33. The number of nitrogens with zero attached hydrogens (tertiary/aromatic N) is 1. The number of amides is 1. The van der Waals surface area contributed by atoms with E-state index in [1.807, 2.05) is 23.1 Å². The van der Waals surface area contributed by atoms with Crippen LogP contribution in [0.5, 0.6) is 0 Å². The van der Waals surface area contributed by atoms with Crippen LogP contribution in [0.2, 0.25) is 0 Å². The van der Waals surface area contributed by atoms with E-state index in [0.717, 1.165) is 32.6 Å². The Morgan fingerprint density at radius 1 is 1.29 bits per heavy atom. The van der Waals surface area contributed by atoms with E-state index < -0.39 is 0 Å². The van der Waals surface area contributed by atoms with Gasteiger partial charge in [0.15, 0.2) is 0 Å². The second kappa shape index (κ2) is 9.77. The standard InChI is InChI=1S/C16H24N2O2.ClH/c17-8-10-18(9-6-14-4-2-1-3-5-14)16(19)12-15-7-11-20-13-15;/h1-5,15H,6-13,17H2;1H. The van der Waals surface area contributed by atoms with Crippen LogP contribution in [0.15, 0.2) is 30.3 Å². The van der Waals surface area contributed by atoms with Gasteiger partial charge in [-0.2, -0.15) is 0 Å². The highest BCUT2D eigenvalue weighted by Crippen LogP contribution is 2.17. The summed E-state index contributed by atoms with van der Waals surface area (Å²) in [6, 6.07) is 10.2. The average molecular weight is 313 g/mol. The van der Waals surface area contributed by atoms with E-state index in [1.54, 1.807) is 0 Å². The van der Waals surface area contributed by atoms with E-state index in [4.69, 9.17) is 10.5 Å². The lowest BCUT2D eigenvalue weighted by Gasteiger charge is -2.23. The molecular weight excluding hydrogens is 288 g/mol. The van der Waals surface area contributed by atoms with Crippen LogP contribution in [0.3, 0.4) is 0 Å². The van der Waals surface area contributed by atoms with E-state index >= 15 is 0 Å². The van der Waals surface area contributed by atoms with Crippen molar-refractivity contribution in [2.75, 3.05) is 32.8 Å². The van der Waals surface area contributed by atoms with Gasteiger partial charge in [-0.1, -0.05) is 30.3 Å². The smallest absolute Gasteiger partial charge is 0.222 e. The molecule has 1 aromatic carbocycles. The number of carbonyl (C=O) groups excluding carboxylic acids is 1. The molecule has 2 rings (SSSR count). The first-order valence-corrected chi connectivity index (χ1v) is 7.39. The summed E-state index contributed by atoms with van der Waals surface area (Å²) in [6.07, 6.45) is 2.48. The van der Waals surface area contributed by atoms with Crippen molar-refractivity contribution >= 4 is 18.3 Å². The molecule has 21 heavy (non-hydrogen) atoms. The molecule has 0 radical (unpaired) electrons. The minimum absolute atomic E-state index is 0. The van der Waals surface area contributed by atoms with Crippen molar-refractivity contribution in [3.05, 3.63) is 35.9 Å². The second-order valence-corrected chi connectivity index (χ2v) is 5.34. The third-order valence-electron chi connectivity index (χ3n) is 3.75. The maximum Gasteiger partial charge on any atom is 0.222 e. The zero-order chi connectivity index (χ0) is 14.2. The first kappa shape index (κ1) is 18.0. The Labute approximate surface area is 133 Å². The van der Waals surface area contributed by atoms with E-state index in [1.165, 1.54) is 5.56 Å². The number of hydrogen-bond donors (Lipinski definition) is 1. The fraction of sp³-hybridized carbons (Fsp3) is 0.562. The summed E-state index contributed by atoms with van der Waals surface area (Å²) in [5.41, 5.74) is 6.88. The number of hydrogen-bond acceptors (Lipinski definition) is 3. The molecule has 4 nitrogen and oxygen atoms in total. The summed E-state index contributed by atoms with van der Waals surface area (Å²) in [7, 11) is 0. The summed E-state index contributed by atoms with van der Waals surface area (Å²) >= 11 is 0. The molecule has 1 aromatic rings. The van der Waals surface area contributed by atoms with Gasteiger partial charge in [-0.25, -0.2) is 0 Å². The van der Waals surface area contributed by atoms with Gasteiger partial charge < -0.3 is 15.4 Å². The van der Waals surface area contributed by atoms with Crippen LogP contribution < -0.4 is 5.73 Å². The van der Waals surface area contributed by atoms with E-state index in [-0.39, 0.29) is 18.3 Å². The first-order valence-electron chi connectivity index (χ1n) is 7.39. The van der Waals surface area contributed by atoms with E-state index in [2.05, 4.69) is 12.1 Å². The van der Waals surface area contributed by atoms with Gasteiger partial charge in [0, 0.05) is 39.3 Å². The summed E-state index contributed by atoms with van der Waals surface area (Å²) in [5, 5.41) is 0. The maximum absolute atomic E-state index is 12.3. The van der Waals surface area contributed by atoms with Crippen LogP contribution in [0.25, 0.3) is 0 Å². The third-order valence-corrected chi connectivity index (χ3v) is 3.75. The zero-order valence-electron chi connectivity index (χ0n) is 12.4. The lowest BCUT2D eigenvalue weighted by molar-refractivity contribution is -0.132. The quantitative estimate of drug-likeness (QED) is 0.836. The molecule has 1 aliphatic rings. The lowest BCUT2D eigenvalue weighted by atomic mass is 10.0. The molecule has 1 unspecified atom stereocenters. The molecule has 1 fully saturated rings. The van der Waals surface area contributed by atoms with Gasteiger partial charge in [0.1, 0.15) is 0 Å². The third kappa shape index (κ3) is 6.04. The van der Waals surface area contributed by atoms with Crippen molar-refractivity contribution in [2.45, 2.75) is 19.3 Å². The molecule has 0 bridgehead atoms. The Kier molecular flexibility index (Phi) is 8.35. The molecule has 0 spiro atoms. The van der Waals surface area contributed by atoms with Crippen molar-refractivity contribution in [2.24, 2.45) is 11.7 Å². The molecule has 1 heterocycles. The maximum atomic E-state index is 12.3. The molecule has 1 amide bonds. The van der Waals surface area contributed by atoms with Gasteiger partial charge in [-0.3, -0.25) is 4.79 Å². The Balaban J connectivity index is 0.00000220. The highest BCUT2D eigenvalue weighted by Gasteiger charge is 2.22. The molecule has 0 aliphatic carbocycles. The van der Waals surface area contributed by atoms with Crippen molar-refractivity contribution in [1.29, 1.82) is 0 Å². The zero-order valence-corrected chi connectivity index (χ0v) is 13.2. The Bertz CT molecular complexity index is 408. The van der Waals surface area contributed by atoms with E-state index in [0.29, 0.717) is 25.4 Å². The van der Waals surface area contributed by atoms with Crippen LogP contribution in [0.4, 0.5) is 0 Å². The van der Waals surface area contributed by atoms with Crippen LogP contribution >= 0.6 is 12.4 Å². The van der Waals surface area contributed by atoms with Crippen molar-refractivity contribution < 1.29 is 9.53 Å². The Morgan fingerprint density at radius 2 is 2.05 bits per heavy atom. The minimum Gasteiger partial charge on any atom is -0.381 e. The monoisotopic (exact) mass is 312 g/mol. The average Bonchev–Trinajstić information content (AvgIpc) is 2.97. The number of halogens is 1. The van der Waals surface area contributed by atoms with Crippen LogP contribution in [0.1, 0.15) is 18.4 Å². The summed E-state index contributed by atoms with van der Waals surface area (Å²) in [5.74, 6) is 0.599. The Morgan fingerprint density at radius 3 is 2.67 bits per heavy atom. The largest absolute Gasteiger partial charge is 0.381 e. The highest BCUT2D eigenvalue weighted by atomic mass is 35.5.